The minimum absolute atomic E-state index is 0.244. The Labute approximate surface area is 123 Å². The molecule has 0 bridgehead atoms. The summed E-state index contributed by atoms with van der Waals surface area (Å²) in [6.45, 7) is 6.38. The highest BCUT2D eigenvalue weighted by atomic mass is 16.5. The standard InChI is InChI=1S/C16H31NO3/c1-3-17-15(6-9-19-12-11-18-2)14-5-10-20-16(13-14)7-4-8-16/h14-15,17H,3-13H2,1-2H3. The first-order valence-electron chi connectivity index (χ1n) is 8.24. The Morgan fingerprint density at radius 2 is 2.15 bits per heavy atom. The summed E-state index contributed by atoms with van der Waals surface area (Å²) in [5.41, 5.74) is 0.244. The molecule has 0 aromatic heterocycles. The van der Waals surface area contributed by atoms with Gasteiger partial charge in [0.2, 0.25) is 0 Å². The summed E-state index contributed by atoms with van der Waals surface area (Å²) in [4.78, 5) is 0. The highest BCUT2D eigenvalue weighted by molar-refractivity contribution is 4.96. The van der Waals surface area contributed by atoms with Crippen molar-refractivity contribution in [3.8, 4) is 0 Å². The molecule has 1 saturated heterocycles. The normalized spacial score (nSPS) is 26.4. The Balaban J connectivity index is 1.74. The Morgan fingerprint density at radius 1 is 1.30 bits per heavy atom. The van der Waals surface area contributed by atoms with Gasteiger partial charge in [0.05, 0.1) is 18.8 Å². The van der Waals surface area contributed by atoms with Crippen molar-refractivity contribution < 1.29 is 14.2 Å². The second kappa shape index (κ2) is 8.32. The average Bonchev–Trinajstić information content (AvgIpc) is 2.44. The molecule has 4 nitrogen and oxygen atoms in total. The second-order valence-electron chi connectivity index (χ2n) is 6.20. The maximum atomic E-state index is 6.04. The second-order valence-corrected chi connectivity index (χ2v) is 6.20. The fourth-order valence-corrected chi connectivity index (χ4v) is 3.55. The third kappa shape index (κ3) is 4.42. The molecular weight excluding hydrogens is 254 g/mol. The summed E-state index contributed by atoms with van der Waals surface area (Å²) in [6, 6.07) is 0.573. The van der Waals surface area contributed by atoms with Gasteiger partial charge in [0, 0.05) is 26.4 Å². The Morgan fingerprint density at radius 3 is 2.80 bits per heavy atom. The maximum absolute atomic E-state index is 6.04. The number of hydrogen-bond donors (Lipinski definition) is 1. The van der Waals surface area contributed by atoms with E-state index in [1.54, 1.807) is 7.11 Å². The Bertz CT molecular complexity index is 268. The highest BCUT2D eigenvalue weighted by Crippen LogP contribution is 2.45. The van der Waals surface area contributed by atoms with Crippen LogP contribution in [0, 0.1) is 5.92 Å². The van der Waals surface area contributed by atoms with Gasteiger partial charge in [0.1, 0.15) is 0 Å². The van der Waals surface area contributed by atoms with Crippen LogP contribution in [0.3, 0.4) is 0 Å². The van der Waals surface area contributed by atoms with Gasteiger partial charge in [0.15, 0.2) is 0 Å². The molecule has 2 unspecified atom stereocenters. The molecule has 0 radical (unpaired) electrons. The number of nitrogens with one attached hydrogen (secondary N) is 1. The van der Waals surface area contributed by atoms with E-state index in [9.17, 15) is 0 Å². The minimum atomic E-state index is 0.244. The van der Waals surface area contributed by atoms with Crippen LogP contribution in [0.4, 0.5) is 0 Å². The summed E-state index contributed by atoms with van der Waals surface area (Å²) in [7, 11) is 1.71. The fraction of sp³-hybridized carbons (Fsp3) is 1.00. The summed E-state index contributed by atoms with van der Waals surface area (Å²) in [5.74, 6) is 0.745. The molecule has 1 aliphatic heterocycles. The molecule has 1 spiro atoms. The van der Waals surface area contributed by atoms with Crippen LogP contribution in [0.15, 0.2) is 0 Å². The van der Waals surface area contributed by atoms with E-state index in [0.29, 0.717) is 19.3 Å². The highest BCUT2D eigenvalue weighted by Gasteiger charge is 2.44. The van der Waals surface area contributed by atoms with Gasteiger partial charge in [-0.05, 0) is 51.0 Å². The van der Waals surface area contributed by atoms with Gasteiger partial charge in [-0.1, -0.05) is 6.92 Å². The zero-order valence-corrected chi connectivity index (χ0v) is 13.2. The molecule has 1 N–H and O–H groups in total. The molecule has 1 aliphatic carbocycles. The molecule has 1 heterocycles. The van der Waals surface area contributed by atoms with E-state index in [0.717, 1.165) is 32.1 Å². The molecule has 0 aromatic rings. The molecule has 20 heavy (non-hydrogen) atoms. The molecule has 1 saturated carbocycles. The summed E-state index contributed by atoms with van der Waals surface area (Å²) in [6.07, 6.45) is 7.41. The SMILES string of the molecule is CCNC(CCOCCOC)C1CCOC2(CCC2)C1. The monoisotopic (exact) mass is 285 g/mol. The molecule has 0 amide bonds. The predicted molar refractivity (Wildman–Crippen MR) is 80.0 cm³/mol. The lowest BCUT2D eigenvalue weighted by Gasteiger charge is -2.49. The van der Waals surface area contributed by atoms with Gasteiger partial charge < -0.3 is 19.5 Å². The first-order chi connectivity index (χ1) is 9.79. The first kappa shape index (κ1) is 16.2. The van der Waals surface area contributed by atoms with Gasteiger partial charge in [-0.3, -0.25) is 0 Å². The smallest absolute Gasteiger partial charge is 0.0700 e. The molecule has 2 aliphatic rings. The van der Waals surface area contributed by atoms with E-state index in [2.05, 4.69) is 12.2 Å². The van der Waals surface area contributed by atoms with Crippen molar-refractivity contribution in [1.29, 1.82) is 0 Å². The van der Waals surface area contributed by atoms with Crippen LogP contribution in [-0.2, 0) is 14.2 Å². The van der Waals surface area contributed by atoms with Crippen LogP contribution in [0.1, 0.15) is 45.4 Å². The van der Waals surface area contributed by atoms with Crippen molar-refractivity contribution in [3.05, 3.63) is 0 Å². The average molecular weight is 285 g/mol. The minimum Gasteiger partial charge on any atom is -0.382 e. The van der Waals surface area contributed by atoms with Gasteiger partial charge in [-0.25, -0.2) is 0 Å². The third-order valence-electron chi connectivity index (χ3n) is 4.84. The topological polar surface area (TPSA) is 39.7 Å². The van der Waals surface area contributed by atoms with Crippen LogP contribution in [0.5, 0.6) is 0 Å². The van der Waals surface area contributed by atoms with E-state index >= 15 is 0 Å². The lowest BCUT2D eigenvalue weighted by Crippen LogP contribution is -2.50. The Kier molecular flexibility index (Phi) is 6.75. The van der Waals surface area contributed by atoms with Crippen LogP contribution in [0.2, 0.25) is 0 Å². The molecule has 2 fully saturated rings. The number of rotatable bonds is 9. The predicted octanol–water partition coefficient (Wildman–Crippen LogP) is 2.37. The van der Waals surface area contributed by atoms with E-state index in [4.69, 9.17) is 14.2 Å². The van der Waals surface area contributed by atoms with Gasteiger partial charge >= 0.3 is 0 Å². The van der Waals surface area contributed by atoms with E-state index in [1.165, 1.54) is 32.1 Å². The van der Waals surface area contributed by atoms with E-state index in [-0.39, 0.29) is 5.60 Å². The number of ether oxygens (including phenoxy) is 3. The Hall–Kier alpha value is -0.160. The summed E-state index contributed by atoms with van der Waals surface area (Å²) >= 11 is 0. The largest absolute Gasteiger partial charge is 0.382 e. The molecular formula is C16H31NO3. The van der Waals surface area contributed by atoms with Crippen molar-refractivity contribution in [2.45, 2.75) is 57.1 Å². The number of hydrogen-bond acceptors (Lipinski definition) is 4. The quantitative estimate of drug-likeness (QED) is 0.660. The van der Waals surface area contributed by atoms with Crippen molar-refractivity contribution in [2.24, 2.45) is 5.92 Å². The van der Waals surface area contributed by atoms with Crippen molar-refractivity contribution >= 4 is 0 Å². The van der Waals surface area contributed by atoms with Crippen LogP contribution < -0.4 is 5.32 Å². The molecule has 0 aromatic carbocycles. The molecule has 2 atom stereocenters. The van der Waals surface area contributed by atoms with Crippen molar-refractivity contribution in [3.63, 3.8) is 0 Å². The third-order valence-corrected chi connectivity index (χ3v) is 4.84. The van der Waals surface area contributed by atoms with Crippen LogP contribution >= 0.6 is 0 Å². The van der Waals surface area contributed by atoms with Crippen LogP contribution in [0.25, 0.3) is 0 Å². The first-order valence-corrected chi connectivity index (χ1v) is 8.24. The lowest BCUT2D eigenvalue weighted by molar-refractivity contribution is -0.147. The number of methoxy groups -OCH3 is 1. The van der Waals surface area contributed by atoms with Crippen molar-refractivity contribution in [1.82, 2.24) is 5.32 Å². The fourth-order valence-electron chi connectivity index (χ4n) is 3.55. The zero-order chi connectivity index (χ0) is 14.3. The zero-order valence-electron chi connectivity index (χ0n) is 13.2. The summed E-state index contributed by atoms with van der Waals surface area (Å²) in [5, 5.41) is 3.66. The molecule has 4 heteroatoms. The maximum Gasteiger partial charge on any atom is 0.0700 e. The van der Waals surface area contributed by atoms with Gasteiger partial charge in [-0.2, -0.15) is 0 Å². The van der Waals surface area contributed by atoms with E-state index < -0.39 is 0 Å². The molecule has 2 rings (SSSR count). The summed E-state index contributed by atoms with van der Waals surface area (Å²) < 4.78 is 16.7. The van der Waals surface area contributed by atoms with Crippen molar-refractivity contribution in [2.75, 3.05) is 40.1 Å². The lowest BCUT2D eigenvalue weighted by atomic mass is 9.70. The van der Waals surface area contributed by atoms with Gasteiger partial charge in [-0.15, -0.1) is 0 Å². The van der Waals surface area contributed by atoms with Gasteiger partial charge in [0.25, 0.3) is 0 Å². The molecule has 118 valence electrons. The van der Waals surface area contributed by atoms with Crippen LogP contribution in [-0.4, -0.2) is 51.7 Å². The van der Waals surface area contributed by atoms with E-state index in [1.807, 2.05) is 0 Å².